The number of hydrazone groups is 1. The van der Waals surface area contributed by atoms with Crippen molar-refractivity contribution in [2.75, 3.05) is 6.61 Å². The number of carboxylic acids is 1. The fourth-order valence-electron chi connectivity index (χ4n) is 1.92. The van der Waals surface area contributed by atoms with Crippen LogP contribution in [-0.4, -0.2) is 34.9 Å². The summed E-state index contributed by atoms with van der Waals surface area (Å²) < 4.78 is 5.13. The highest BCUT2D eigenvalue weighted by Gasteiger charge is 2.05. The first-order chi connectivity index (χ1) is 11.5. The molecule has 0 aliphatic rings. The highest BCUT2D eigenvalue weighted by atomic mass is 16.5. The minimum absolute atomic E-state index is 0.0723. The Kier molecular flexibility index (Phi) is 5.90. The van der Waals surface area contributed by atoms with Crippen LogP contribution in [0.25, 0.3) is 0 Å². The van der Waals surface area contributed by atoms with Gasteiger partial charge in [-0.1, -0.05) is 24.3 Å². The predicted molar refractivity (Wildman–Crippen MR) is 87.1 cm³/mol. The van der Waals surface area contributed by atoms with E-state index in [-0.39, 0.29) is 18.1 Å². The largest absolute Gasteiger partial charge is 0.508 e. The Morgan fingerprint density at radius 1 is 1.17 bits per heavy atom. The van der Waals surface area contributed by atoms with Gasteiger partial charge >= 0.3 is 5.97 Å². The molecule has 0 bridgehead atoms. The van der Waals surface area contributed by atoms with Crippen LogP contribution in [0.5, 0.6) is 11.5 Å². The first-order valence-electron chi connectivity index (χ1n) is 7.08. The molecule has 2 aromatic carbocycles. The lowest BCUT2D eigenvalue weighted by molar-refractivity contribution is -0.139. The number of rotatable bonds is 7. The molecule has 0 aliphatic carbocycles. The SMILES string of the molecule is O=C(O)COc1ccccc1/C=N/NC(=O)Cc1cccc(O)c1. The highest BCUT2D eigenvalue weighted by molar-refractivity contribution is 5.85. The van der Waals surface area contributed by atoms with E-state index in [0.29, 0.717) is 16.9 Å². The van der Waals surface area contributed by atoms with E-state index in [1.54, 1.807) is 36.4 Å². The number of hydrogen-bond donors (Lipinski definition) is 3. The lowest BCUT2D eigenvalue weighted by atomic mass is 10.1. The summed E-state index contributed by atoms with van der Waals surface area (Å²) in [4.78, 5) is 22.3. The number of nitrogens with zero attached hydrogens (tertiary/aromatic N) is 1. The molecule has 2 rings (SSSR count). The molecular formula is C17H16N2O5. The smallest absolute Gasteiger partial charge is 0.341 e. The Morgan fingerprint density at radius 2 is 1.96 bits per heavy atom. The third-order valence-corrected chi connectivity index (χ3v) is 2.94. The molecular weight excluding hydrogens is 312 g/mol. The molecule has 0 fully saturated rings. The lowest BCUT2D eigenvalue weighted by Gasteiger charge is -2.06. The van der Waals surface area contributed by atoms with E-state index in [9.17, 15) is 14.7 Å². The molecule has 0 atom stereocenters. The average Bonchev–Trinajstić information content (AvgIpc) is 2.54. The van der Waals surface area contributed by atoms with Gasteiger partial charge in [-0.25, -0.2) is 10.2 Å². The maximum absolute atomic E-state index is 11.8. The van der Waals surface area contributed by atoms with Crippen molar-refractivity contribution in [2.24, 2.45) is 5.10 Å². The molecule has 0 saturated heterocycles. The zero-order valence-corrected chi connectivity index (χ0v) is 12.7. The molecule has 0 aliphatic heterocycles. The molecule has 0 radical (unpaired) electrons. The molecule has 3 N–H and O–H groups in total. The van der Waals surface area contributed by atoms with Crippen LogP contribution < -0.4 is 10.2 Å². The molecule has 2 aromatic rings. The number of amides is 1. The number of nitrogens with one attached hydrogen (secondary N) is 1. The number of carbonyl (C=O) groups excluding carboxylic acids is 1. The van der Waals surface area contributed by atoms with Crippen LogP contribution in [0.15, 0.2) is 53.6 Å². The fraction of sp³-hybridized carbons (Fsp3) is 0.118. The summed E-state index contributed by atoms with van der Waals surface area (Å²) >= 11 is 0. The zero-order chi connectivity index (χ0) is 17.4. The molecule has 0 heterocycles. The predicted octanol–water partition coefficient (Wildman–Crippen LogP) is 1.55. The zero-order valence-electron chi connectivity index (χ0n) is 12.7. The summed E-state index contributed by atoms with van der Waals surface area (Å²) in [6.07, 6.45) is 1.44. The number of hydrogen-bond acceptors (Lipinski definition) is 5. The second kappa shape index (κ2) is 8.33. The van der Waals surface area contributed by atoms with Crippen LogP contribution in [0, 0.1) is 0 Å². The minimum atomic E-state index is -1.08. The van der Waals surface area contributed by atoms with Gasteiger partial charge in [0.05, 0.1) is 12.6 Å². The van der Waals surface area contributed by atoms with Gasteiger partial charge in [0, 0.05) is 5.56 Å². The average molecular weight is 328 g/mol. The molecule has 0 saturated carbocycles. The number of carboxylic acid groups (broad SMARTS) is 1. The van der Waals surface area contributed by atoms with E-state index in [4.69, 9.17) is 9.84 Å². The quantitative estimate of drug-likeness (QED) is 0.528. The Bertz CT molecular complexity index is 758. The van der Waals surface area contributed by atoms with Crippen LogP contribution in [-0.2, 0) is 16.0 Å². The van der Waals surface area contributed by atoms with Crippen molar-refractivity contribution in [1.29, 1.82) is 0 Å². The lowest BCUT2D eigenvalue weighted by Crippen LogP contribution is -2.19. The topological polar surface area (TPSA) is 108 Å². The van der Waals surface area contributed by atoms with E-state index in [0.717, 1.165) is 0 Å². The Balaban J connectivity index is 1.93. The normalized spacial score (nSPS) is 10.5. The summed E-state index contributed by atoms with van der Waals surface area (Å²) in [5.74, 6) is -0.985. The second-order valence-corrected chi connectivity index (χ2v) is 4.86. The van der Waals surface area contributed by atoms with Crippen molar-refractivity contribution in [3.63, 3.8) is 0 Å². The monoisotopic (exact) mass is 328 g/mol. The fourth-order valence-corrected chi connectivity index (χ4v) is 1.92. The Hall–Kier alpha value is -3.35. The first kappa shape index (κ1) is 17.0. The maximum atomic E-state index is 11.8. The van der Waals surface area contributed by atoms with Gasteiger partial charge in [-0.2, -0.15) is 5.10 Å². The van der Waals surface area contributed by atoms with Crippen LogP contribution in [0.4, 0.5) is 0 Å². The third-order valence-electron chi connectivity index (χ3n) is 2.94. The number of para-hydroxylation sites is 1. The Morgan fingerprint density at radius 3 is 2.71 bits per heavy atom. The number of aromatic hydroxyl groups is 1. The van der Waals surface area contributed by atoms with Crippen molar-refractivity contribution in [3.05, 3.63) is 59.7 Å². The van der Waals surface area contributed by atoms with Gasteiger partial charge in [0.15, 0.2) is 6.61 Å². The van der Waals surface area contributed by atoms with Gasteiger partial charge in [0.25, 0.3) is 0 Å². The van der Waals surface area contributed by atoms with Gasteiger partial charge < -0.3 is 14.9 Å². The summed E-state index contributed by atoms with van der Waals surface area (Å²) in [5, 5.41) is 21.8. The van der Waals surface area contributed by atoms with Crippen molar-refractivity contribution in [3.8, 4) is 11.5 Å². The van der Waals surface area contributed by atoms with Gasteiger partial charge in [0.2, 0.25) is 5.91 Å². The van der Waals surface area contributed by atoms with Gasteiger partial charge in [-0.05, 0) is 29.8 Å². The second-order valence-electron chi connectivity index (χ2n) is 4.86. The van der Waals surface area contributed by atoms with Gasteiger partial charge in [-0.3, -0.25) is 4.79 Å². The number of phenolic OH excluding ortho intramolecular Hbond substituents is 1. The summed E-state index contributed by atoms with van der Waals surface area (Å²) in [5.41, 5.74) is 3.57. The van der Waals surface area contributed by atoms with E-state index in [1.807, 2.05) is 0 Å². The number of aliphatic carboxylic acids is 1. The Labute approximate surface area is 138 Å². The van der Waals surface area contributed by atoms with Crippen molar-refractivity contribution in [2.45, 2.75) is 6.42 Å². The van der Waals surface area contributed by atoms with Gasteiger partial charge in [-0.15, -0.1) is 0 Å². The van der Waals surface area contributed by atoms with Crippen LogP contribution in [0.2, 0.25) is 0 Å². The van der Waals surface area contributed by atoms with Crippen LogP contribution >= 0.6 is 0 Å². The number of benzene rings is 2. The van der Waals surface area contributed by atoms with Crippen molar-refractivity contribution in [1.82, 2.24) is 5.43 Å². The van der Waals surface area contributed by atoms with Gasteiger partial charge in [0.1, 0.15) is 11.5 Å². The highest BCUT2D eigenvalue weighted by Crippen LogP contribution is 2.15. The molecule has 0 spiro atoms. The molecule has 0 aromatic heterocycles. The van der Waals surface area contributed by atoms with E-state index < -0.39 is 12.6 Å². The van der Waals surface area contributed by atoms with E-state index in [2.05, 4.69) is 10.5 Å². The summed E-state index contributed by atoms with van der Waals surface area (Å²) in [7, 11) is 0. The maximum Gasteiger partial charge on any atom is 0.341 e. The third kappa shape index (κ3) is 5.45. The molecule has 24 heavy (non-hydrogen) atoms. The van der Waals surface area contributed by atoms with Crippen LogP contribution in [0.1, 0.15) is 11.1 Å². The molecule has 1 amide bonds. The first-order valence-corrected chi connectivity index (χ1v) is 7.08. The summed E-state index contributed by atoms with van der Waals surface area (Å²) in [6, 6.07) is 13.1. The van der Waals surface area contributed by atoms with Crippen LogP contribution in [0.3, 0.4) is 0 Å². The molecule has 0 unspecified atom stereocenters. The minimum Gasteiger partial charge on any atom is -0.508 e. The van der Waals surface area contributed by atoms with E-state index >= 15 is 0 Å². The molecule has 124 valence electrons. The number of carbonyl (C=O) groups is 2. The van der Waals surface area contributed by atoms with E-state index in [1.165, 1.54) is 18.3 Å². The standard InChI is InChI=1S/C17H16N2O5/c20-14-6-3-4-12(8-14)9-16(21)19-18-10-13-5-1-2-7-15(13)24-11-17(22)23/h1-8,10,20H,9,11H2,(H,19,21)(H,22,23)/b18-10+. The van der Waals surface area contributed by atoms with Crippen molar-refractivity contribution < 1.29 is 24.5 Å². The van der Waals surface area contributed by atoms with Crippen molar-refractivity contribution >= 4 is 18.1 Å². The number of phenols is 1. The number of ether oxygens (including phenoxy) is 1. The molecule has 7 heteroatoms. The molecule has 7 nitrogen and oxygen atoms in total. The summed E-state index contributed by atoms with van der Waals surface area (Å²) in [6.45, 7) is -0.464.